The molecule has 3 aromatic rings. The number of benzene rings is 2. The van der Waals surface area contributed by atoms with Crippen LogP contribution in [0.1, 0.15) is 42.6 Å². The van der Waals surface area contributed by atoms with Gasteiger partial charge in [-0.25, -0.2) is 9.36 Å². The summed E-state index contributed by atoms with van der Waals surface area (Å²) in [4.78, 5) is 28.4. The summed E-state index contributed by atoms with van der Waals surface area (Å²) in [5.74, 6) is 0. The molecule has 0 radical (unpaired) electrons. The van der Waals surface area contributed by atoms with Gasteiger partial charge in [0.15, 0.2) is 0 Å². The summed E-state index contributed by atoms with van der Waals surface area (Å²) in [7, 11) is 0. The van der Waals surface area contributed by atoms with Crippen molar-refractivity contribution in [2.75, 3.05) is 0 Å². The number of nitrogens with one attached hydrogen (secondary N) is 1. The second kappa shape index (κ2) is 7.79. The normalized spacial score (nSPS) is 11.0. The molecule has 0 bridgehead atoms. The summed E-state index contributed by atoms with van der Waals surface area (Å²) < 4.78 is 1.31. The molecule has 0 fully saturated rings. The van der Waals surface area contributed by atoms with Gasteiger partial charge >= 0.3 is 5.69 Å². The highest BCUT2D eigenvalue weighted by Crippen LogP contribution is 2.23. The molecule has 3 rings (SSSR count). The van der Waals surface area contributed by atoms with E-state index in [0.29, 0.717) is 12.1 Å². The molecule has 0 amide bonds. The van der Waals surface area contributed by atoms with Gasteiger partial charge in [0.25, 0.3) is 5.56 Å². The maximum absolute atomic E-state index is 12.8. The van der Waals surface area contributed by atoms with Crippen molar-refractivity contribution >= 4 is 0 Å². The van der Waals surface area contributed by atoms with Crippen molar-refractivity contribution in [2.24, 2.45) is 0 Å². The van der Waals surface area contributed by atoms with Crippen molar-refractivity contribution in [1.82, 2.24) is 9.55 Å². The first kappa shape index (κ1) is 17.0. The number of unbranched alkanes of at least 4 members (excludes halogenated alkanes) is 1. The summed E-state index contributed by atoms with van der Waals surface area (Å²) in [6, 6.07) is 20.4. The van der Waals surface area contributed by atoms with E-state index in [4.69, 9.17) is 0 Å². The van der Waals surface area contributed by atoms with Gasteiger partial charge in [0.05, 0.1) is 6.04 Å². The molecule has 0 aliphatic heterocycles. The van der Waals surface area contributed by atoms with Crippen molar-refractivity contribution in [1.29, 1.82) is 0 Å². The van der Waals surface area contributed by atoms with Crippen molar-refractivity contribution < 1.29 is 0 Å². The number of aromatic amines is 1. The summed E-state index contributed by atoms with van der Waals surface area (Å²) in [6.45, 7) is 2.08. The lowest BCUT2D eigenvalue weighted by Crippen LogP contribution is -2.39. The highest BCUT2D eigenvalue weighted by molar-refractivity contribution is 5.32. The van der Waals surface area contributed by atoms with Crippen molar-refractivity contribution in [3.63, 3.8) is 0 Å². The minimum atomic E-state index is -0.445. The first-order valence-electron chi connectivity index (χ1n) is 8.65. The maximum Gasteiger partial charge on any atom is 0.329 e. The Morgan fingerprint density at radius 3 is 1.96 bits per heavy atom. The van der Waals surface area contributed by atoms with Crippen LogP contribution in [0.15, 0.2) is 76.3 Å². The van der Waals surface area contributed by atoms with Crippen LogP contribution >= 0.6 is 0 Å². The second-order valence-corrected chi connectivity index (χ2v) is 6.14. The summed E-state index contributed by atoms with van der Waals surface area (Å²) in [6.07, 6.45) is 2.67. The third-order valence-corrected chi connectivity index (χ3v) is 4.31. The van der Waals surface area contributed by atoms with Gasteiger partial charge in [-0.05, 0) is 24.0 Å². The van der Waals surface area contributed by atoms with E-state index in [1.54, 1.807) is 6.07 Å². The van der Waals surface area contributed by atoms with Crippen LogP contribution in [0.2, 0.25) is 0 Å². The number of hydrogen-bond acceptors (Lipinski definition) is 2. The monoisotopic (exact) mass is 334 g/mol. The quantitative estimate of drug-likeness (QED) is 0.750. The predicted octanol–water partition coefficient (Wildman–Crippen LogP) is 3.52. The van der Waals surface area contributed by atoms with E-state index in [-0.39, 0.29) is 11.2 Å². The van der Waals surface area contributed by atoms with E-state index >= 15 is 0 Å². The Balaban J connectivity index is 2.15. The van der Waals surface area contributed by atoms with Crippen LogP contribution in [-0.4, -0.2) is 9.55 Å². The lowest BCUT2D eigenvalue weighted by Gasteiger charge is -2.20. The van der Waals surface area contributed by atoms with E-state index in [1.807, 2.05) is 60.7 Å². The largest absolute Gasteiger partial charge is 0.329 e. The highest BCUT2D eigenvalue weighted by atomic mass is 16.2. The van der Waals surface area contributed by atoms with Crippen LogP contribution in [0, 0.1) is 0 Å². The van der Waals surface area contributed by atoms with E-state index in [2.05, 4.69) is 11.9 Å². The fourth-order valence-corrected chi connectivity index (χ4v) is 3.06. The average Bonchev–Trinajstić information content (AvgIpc) is 2.64. The van der Waals surface area contributed by atoms with Gasteiger partial charge in [0, 0.05) is 11.8 Å². The molecule has 2 aromatic carbocycles. The number of aromatic nitrogens is 2. The van der Waals surface area contributed by atoms with Crippen molar-refractivity contribution in [2.45, 2.75) is 32.2 Å². The van der Waals surface area contributed by atoms with Crippen LogP contribution in [0.25, 0.3) is 0 Å². The molecule has 25 heavy (non-hydrogen) atoms. The molecule has 4 heteroatoms. The SMILES string of the molecule is CCCCc1cc(=O)n(C(c2ccccc2)c2ccccc2)c(=O)[nH]1. The smallest absolute Gasteiger partial charge is 0.311 e. The van der Waals surface area contributed by atoms with Crippen molar-refractivity contribution in [3.05, 3.63) is 104 Å². The van der Waals surface area contributed by atoms with Gasteiger partial charge in [-0.3, -0.25) is 4.79 Å². The number of rotatable bonds is 6. The Labute approximate surface area is 146 Å². The van der Waals surface area contributed by atoms with Gasteiger partial charge in [-0.1, -0.05) is 74.0 Å². The lowest BCUT2D eigenvalue weighted by atomic mass is 9.98. The minimum absolute atomic E-state index is 0.271. The maximum atomic E-state index is 12.8. The summed E-state index contributed by atoms with van der Waals surface area (Å²) in [5, 5.41) is 0. The minimum Gasteiger partial charge on any atom is -0.311 e. The van der Waals surface area contributed by atoms with Gasteiger partial charge in [-0.2, -0.15) is 0 Å². The molecule has 0 spiro atoms. The molecule has 1 heterocycles. The molecule has 4 nitrogen and oxygen atoms in total. The molecule has 1 N–H and O–H groups in total. The number of H-pyrrole nitrogens is 1. The van der Waals surface area contributed by atoms with Gasteiger partial charge in [0.1, 0.15) is 0 Å². The van der Waals surface area contributed by atoms with Crippen LogP contribution in [0.4, 0.5) is 0 Å². The molecule has 1 aromatic heterocycles. The van der Waals surface area contributed by atoms with Crippen LogP contribution in [-0.2, 0) is 6.42 Å². The highest BCUT2D eigenvalue weighted by Gasteiger charge is 2.20. The molecule has 0 aliphatic rings. The average molecular weight is 334 g/mol. The standard InChI is InChI=1S/C21H22N2O2/c1-2-3-14-18-15-19(24)23(21(25)22-18)20(16-10-6-4-7-11-16)17-12-8-5-9-13-17/h4-13,15,20H,2-3,14H2,1H3,(H,22,25). The number of nitrogens with zero attached hydrogens (tertiary/aromatic N) is 1. The zero-order valence-corrected chi connectivity index (χ0v) is 14.3. The summed E-state index contributed by atoms with van der Waals surface area (Å²) >= 11 is 0. The van der Waals surface area contributed by atoms with E-state index in [9.17, 15) is 9.59 Å². The Kier molecular flexibility index (Phi) is 5.29. The number of aryl methyl sites for hydroxylation is 1. The van der Waals surface area contributed by atoms with E-state index in [0.717, 1.165) is 24.0 Å². The van der Waals surface area contributed by atoms with Crippen LogP contribution < -0.4 is 11.2 Å². The van der Waals surface area contributed by atoms with E-state index < -0.39 is 6.04 Å². The Bertz CT molecular complexity index is 857. The first-order valence-corrected chi connectivity index (χ1v) is 8.65. The van der Waals surface area contributed by atoms with E-state index in [1.165, 1.54) is 4.57 Å². The molecule has 0 saturated heterocycles. The zero-order valence-electron chi connectivity index (χ0n) is 14.3. The van der Waals surface area contributed by atoms with Crippen molar-refractivity contribution in [3.8, 4) is 0 Å². The predicted molar refractivity (Wildman–Crippen MR) is 100 cm³/mol. The molecular formula is C21H22N2O2. The van der Waals surface area contributed by atoms with Crippen LogP contribution in [0.3, 0.4) is 0 Å². The molecular weight excluding hydrogens is 312 g/mol. The summed E-state index contributed by atoms with van der Waals surface area (Å²) in [5.41, 5.74) is 1.88. The third kappa shape index (κ3) is 3.79. The molecule has 0 aliphatic carbocycles. The Hall–Kier alpha value is -2.88. The molecule has 0 unspecified atom stereocenters. The Morgan fingerprint density at radius 1 is 0.920 bits per heavy atom. The van der Waals surface area contributed by atoms with Crippen LogP contribution in [0.5, 0.6) is 0 Å². The van der Waals surface area contributed by atoms with Gasteiger partial charge in [-0.15, -0.1) is 0 Å². The van der Waals surface area contributed by atoms with Gasteiger partial charge < -0.3 is 4.98 Å². The fraction of sp³-hybridized carbons (Fsp3) is 0.238. The zero-order chi connectivity index (χ0) is 17.6. The Morgan fingerprint density at radius 2 is 1.48 bits per heavy atom. The number of hydrogen-bond donors (Lipinski definition) is 1. The fourth-order valence-electron chi connectivity index (χ4n) is 3.06. The topological polar surface area (TPSA) is 54.9 Å². The first-order chi connectivity index (χ1) is 12.2. The lowest BCUT2D eigenvalue weighted by molar-refractivity contribution is 0.599. The molecule has 0 atom stereocenters. The second-order valence-electron chi connectivity index (χ2n) is 6.14. The van der Waals surface area contributed by atoms with Gasteiger partial charge in [0.2, 0.25) is 0 Å². The third-order valence-electron chi connectivity index (χ3n) is 4.31. The molecule has 0 saturated carbocycles. The molecule has 128 valence electrons.